The largest absolute Gasteiger partial charge is 0.325 e. The number of benzene rings is 2. The average Bonchev–Trinajstić information content (AvgIpc) is 2.47. The molecule has 3 nitrogen and oxygen atoms in total. The molecule has 22 heavy (non-hydrogen) atoms. The number of carbonyl (C=O) groups excluding carboxylic acids is 1. The van der Waals surface area contributed by atoms with E-state index in [2.05, 4.69) is 10.6 Å². The molecular weight excluding hydrogens is 296 g/mol. The first kappa shape index (κ1) is 16.5. The van der Waals surface area contributed by atoms with E-state index in [0.29, 0.717) is 5.02 Å². The monoisotopic (exact) mass is 316 g/mol. The minimum atomic E-state index is -0.327. The number of amides is 1. The van der Waals surface area contributed by atoms with Crippen LogP contribution in [0.3, 0.4) is 0 Å². The van der Waals surface area contributed by atoms with Crippen LogP contribution >= 0.6 is 11.6 Å². The van der Waals surface area contributed by atoms with Crippen LogP contribution in [0.1, 0.15) is 31.0 Å². The van der Waals surface area contributed by atoms with Gasteiger partial charge in [-0.05, 0) is 50.1 Å². The third-order valence-corrected chi connectivity index (χ3v) is 3.89. The second-order valence-corrected chi connectivity index (χ2v) is 5.90. The number of hydrogen-bond donors (Lipinski definition) is 2. The van der Waals surface area contributed by atoms with Crippen molar-refractivity contribution in [1.82, 2.24) is 5.32 Å². The van der Waals surface area contributed by atoms with E-state index in [9.17, 15) is 4.79 Å². The van der Waals surface area contributed by atoms with Gasteiger partial charge in [0.1, 0.15) is 0 Å². The van der Waals surface area contributed by atoms with Crippen LogP contribution in [0.15, 0.2) is 48.5 Å². The van der Waals surface area contributed by atoms with Crippen molar-refractivity contribution in [3.8, 4) is 0 Å². The lowest BCUT2D eigenvalue weighted by molar-refractivity contribution is -0.117. The van der Waals surface area contributed by atoms with Crippen LogP contribution in [0.25, 0.3) is 0 Å². The van der Waals surface area contributed by atoms with Gasteiger partial charge in [0.05, 0.1) is 6.04 Å². The molecule has 2 aromatic rings. The number of hydrogen-bond acceptors (Lipinski definition) is 2. The average molecular weight is 317 g/mol. The van der Waals surface area contributed by atoms with E-state index in [-0.39, 0.29) is 18.0 Å². The Labute approximate surface area is 136 Å². The highest BCUT2D eigenvalue weighted by Crippen LogP contribution is 2.22. The first-order chi connectivity index (χ1) is 10.5. The second-order valence-electron chi connectivity index (χ2n) is 5.49. The number of halogens is 1. The molecule has 0 aliphatic carbocycles. The summed E-state index contributed by atoms with van der Waals surface area (Å²) in [4.78, 5) is 12.3. The maximum atomic E-state index is 12.3. The zero-order valence-electron chi connectivity index (χ0n) is 13.1. The molecule has 0 heterocycles. The van der Waals surface area contributed by atoms with E-state index in [0.717, 1.165) is 16.8 Å². The fourth-order valence-corrected chi connectivity index (χ4v) is 2.64. The summed E-state index contributed by atoms with van der Waals surface area (Å²) in [5.41, 5.74) is 2.91. The molecule has 0 aliphatic heterocycles. The van der Waals surface area contributed by atoms with Crippen molar-refractivity contribution in [2.75, 3.05) is 5.32 Å². The van der Waals surface area contributed by atoms with Gasteiger partial charge in [-0.3, -0.25) is 10.1 Å². The van der Waals surface area contributed by atoms with Crippen LogP contribution in [0.5, 0.6) is 0 Å². The zero-order chi connectivity index (χ0) is 16.1. The lowest BCUT2D eigenvalue weighted by atomic mass is 10.1. The van der Waals surface area contributed by atoms with Crippen LogP contribution in [-0.4, -0.2) is 11.9 Å². The highest BCUT2D eigenvalue weighted by atomic mass is 35.5. The Hall–Kier alpha value is -1.84. The molecule has 0 saturated heterocycles. The van der Waals surface area contributed by atoms with E-state index in [4.69, 9.17) is 11.6 Å². The molecule has 116 valence electrons. The minimum absolute atomic E-state index is 0.00744. The highest BCUT2D eigenvalue weighted by molar-refractivity contribution is 6.31. The SMILES string of the molecule is Cc1cccc(NC(=O)[C@H](C)N[C@H](C)c2ccccc2Cl)c1. The molecule has 0 aliphatic rings. The van der Waals surface area contributed by atoms with Gasteiger partial charge in [-0.1, -0.05) is 41.9 Å². The second kappa shape index (κ2) is 7.43. The highest BCUT2D eigenvalue weighted by Gasteiger charge is 2.17. The Kier molecular flexibility index (Phi) is 5.58. The summed E-state index contributed by atoms with van der Waals surface area (Å²) < 4.78 is 0. The van der Waals surface area contributed by atoms with Gasteiger partial charge < -0.3 is 5.32 Å². The van der Waals surface area contributed by atoms with Gasteiger partial charge in [-0.2, -0.15) is 0 Å². The molecule has 0 bridgehead atoms. The molecule has 0 unspecified atom stereocenters. The fraction of sp³-hybridized carbons (Fsp3) is 0.278. The molecule has 0 saturated carbocycles. The summed E-state index contributed by atoms with van der Waals surface area (Å²) in [6.07, 6.45) is 0. The molecule has 0 spiro atoms. The van der Waals surface area contributed by atoms with Gasteiger partial charge in [0, 0.05) is 16.8 Å². The summed E-state index contributed by atoms with van der Waals surface area (Å²) >= 11 is 6.19. The molecule has 0 fully saturated rings. The minimum Gasteiger partial charge on any atom is -0.325 e. The molecule has 1 amide bonds. The molecule has 2 atom stereocenters. The van der Waals surface area contributed by atoms with Crippen LogP contribution in [0.4, 0.5) is 5.69 Å². The molecular formula is C18H21ClN2O. The smallest absolute Gasteiger partial charge is 0.241 e. The zero-order valence-corrected chi connectivity index (χ0v) is 13.8. The maximum absolute atomic E-state index is 12.3. The van der Waals surface area contributed by atoms with Gasteiger partial charge in [0.2, 0.25) is 5.91 Å². The van der Waals surface area contributed by atoms with Gasteiger partial charge >= 0.3 is 0 Å². The predicted molar refractivity (Wildman–Crippen MR) is 92.3 cm³/mol. The van der Waals surface area contributed by atoms with E-state index in [1.807, 2.05) is 69.3 Å². The summed E-state index contributed by atoms with van der Waals surface area (Å²) in [5.74, 6) is -0.0653. The normalized spacial score (nSPS) is 13.5. The summed E-state index contributed by atoms with van der Waals surface area (Å²) in [6.45, 7) is 5.84. The number of nitrogens with one attached hydrogen (secondary N) is 2. The van der Waals surface area contributed by atoms with Crippen molar-refractivity contribution in [2.45, 2.75) is 32.9 Å². The third kappa shape index (κ3) is 4.33. The first-order valence-electron chi connectivity index (χ1n) is 7.35. The van der Waals surface area contributed by atoms with E-state index in [1.165, 1.54) is 0 Å². The lowest BCUT2D eigenvalue weighted by Crippen LogP contribution is -2.39. The topological polar surface area (TPSA) is 41.1 Å². The van der Waals surface area contributed by atoms with Crippen LogP contribution < -0.4 is 10.6 Å². The Morgan fingerprint density at radius 1 is 1.09 bits per heavy atom. The van der Waals surface area contributed by atoms with E-state index in [1.54, 1.807) is 0 Å². The Balaban J connectivity index is 1.98. The Morgan fingerprint density at radius 2 is 1.82 bits per heavy atom. The van der Waals surface area contributed by atoms with Crippen molar-refractivity contribution in [3.05, 3.63) is 64.7 Å². The number of aryl methyl sites for hydroxylation is 1. The predicted octanol–water partition coefficient (Wildman–Crippen LogP) is 4.33. The third-order valence-electron chi connectivity index (χ3n) is 3.55. The van der Waals surface area contributed by atoms with Gasteiger partial charge in [0.15, 0.2) is 0 Å². The number of rotatable bonds is 5. The summed E-state index contributed by atoms with van der Waals surface area (Å²) in [6, 6.07) is 15.1. The molecule has 0 aromatic heterocycles. The van der Waals surface area contributed by atoms with Crippen molar-refractivity contribution < 1.29 is 4.79 Å². The summed E-state index contributed by atoms with van der Waals surface area (Å²) in [5, 5.41) is 6.90. The molecule has 2 N–H and O–H groups in total. The standard InChI is InChI=1S/C18H21ClN2O/c1-12-7-6-8-15(11-12)21-18(22)14(3)20-13(2)16-9-4-5-10-17(16)19/h4-11,13-14,20H,1-3H3,(H,21,22)/t13-,14+/m1/s1. The molecule has 2 aromatic carbocycles. The van der Waals surface area contributed by atoms with Crippen molar-refractivity contribution in [1.29, 1.82) is 0 Å². The summed E-state index contributed by atoms with van der Waals surface area (Å²) in [7, 11) is 0. The Morgan fingerprint density at radius 3 is 2.50 bits per heavy atom. The van der Waals surface area contributed by atoms with E-state index < -0.39 is 0 Å². The van der Waals surface area contributed by atoms with Gasteiger partial charge in [0.25, 0.3) is 0 Å². The van der Waals surface area contributed by atoms with Gasteiger partial charge in [-0.25, -0.2) is 0 Å². The van der Waals surface area contributed by atoms with Crippen molar-refractivity contribution >= 4 is 23.2 Å². The quantitative estimate of drug-likeness (QED) is 0.862. The molecule has 2 rings (SSSR count). The molecule has 4 heteroatoms. The van der Waals surface area contributed by atoms with Crippen molar-refractivity contribution in [2.24, 2.45) is 0 Å². The fourth-order valence-electron chi connectivity index (χ4n) is 2.34. The first-order valence-corrected chi connectivity index (χ1v) is 7.73. The molecule has 0 radical (unpaired) electrons. The van der Waals surface area contributed by atoms with Crippen LogP contribution in [0, 0.1) is 6.92 Å². The number of carbonyl (C=O) groups is 1. The maximum Gasteiger partial charge on any atom is 0.241 e. The van der Waals surface area contributed by atoms with E-state index >= 15 is 0 Å². The Bertz CT molecular complexity index is 657. The van der Waals surface area contributed by atoms with Crippen LogP contribution in [-0.2, 0) is 4.79 Å². The lowest BCUT2D eigenvalue weighted by Gasteiger charge is -2.21. The number of anilines is 1. The van der Waals surface area contributed by atoms with Crippen LogP contribution in [0.2, 0.25) is 5.02 Å². The van der Waals surface area contributed by atoms with Crippen molar-refractivity contribution in [3.63, 3.8) is 0 Å². The van der Waals surface area contributed by atoms with Gasteiger partial charge in [-0.15, -0.1) is 0 Å².